The lowest BCUT2D eigenvalue weighted by Gasteiger charge is -2.08. The fourth-order valence-corrected chi connectivity index (χ4v) is 1.51. The summed E-state index contributed by atoms with van der Waals surface area (Å²) in [5.74, 6) is 0.559. The number of carbonyl (C=O) groups is 1. The normalized spacial score (nSPS) is 9.58. The highest BCUT2D eigenvalue weighted by Gasteiger charge is 2.04. The lowest BCUT2D eigenvalue weighted by atomic mass is 10.2. The first-order valence-corrected chi connectivity index (χ1v) is 5.98. The van der Waals surface area contributed by atoms with Crippen LogP contribution in [0.25, 0.3) is 0 Å². The number of nitrogens with one attached hydrogen (secondary N) is 1. The highest BCUT2D eigenvalue weighted by atomic mass is 35.5. The zero-order chi connectivity index (χ0) is 13.4. The average Bonchev–Trinajstić information content (AvgIpc) is 2.35. The summed E-state index contributed by atoms with van der Waals surface area (Å²) in [7, 11) is 1.55. The predicted molar refractivity (Wildman–Crippen MR) is 79.0 cm³/mol. The second-order valence-electron chi connectivity index (χ2n) is 3.81. The Labute approximate surface area is 119 Å². The molecular formula is C13H21ClN2O3. The Bertz CT molecular complexity index is 399. The number of benzene rings is 1. The van der Waals surface area contributed by atoms with Gasteiger partial charge in [-0.3, -0.25) is 4.79 Å². The molecule has 0 aliphatic heterocycles. The fourth-order valence-electron chi connectivity index (χ4n) is 1.51. The van der Waals surface area contributed by atoms with Gasteiger partial charge in [-0.15, -0.1) is 12.4 Å². The van der Waals surface area contributed by atoms with Gasteiger partial charge < -0.3 is 20.5 Å². The third-order valence-corrected chi connectivity index (χ3v) is 2.41. The SMILES string of the molecule is CCOCCCC(=O)Nc1ccc(OC)c(N)c1.Cl. The molecule has 0 aliphatic rings. The molecule has 6 heteroatoms. The van der Waals surface area contributed by atoms with Gasteiger partial charge in [-0.25, -0.2) is 0 Å². The largest absolute Gasteiger partial charge is 0.495 e. The minimum atomic E-state index is -0.0423. The van der Waals surface area contributed by atoms with Gasteiger partial charge in [0.15, 0.2) is 0 Å². The number of amides is 1. The zero-order valence-corrected chi connectivity index (χ0v) is 12.1. The number of carbonyl (C=O) groups excluding carboxylic acids is 1. The quantitative estimate of drug-likeness (QED) is 0.597. The molecule has 0 saturated heterocycles. The van der Waals surface area contributed by atoms with Crippen LogP contribution in [0.4, 0.5) is 11.4 Å². The molecule has 0 aromatic heterocycles. The lowest BCUT2D eigenvalue weighted by Crippen LogP contribution is -2.12. The van der Waals surface area contributed by atoms with Gasteiger partial charge in [0.2, 0.25) is 5.91 Å². The smallest absolute Gasteiger partial charge is 0.224 e. The molecule has 0 heterocycles. The summed E-state index contributed by atoms with van der Waals surface area (Å²) in [6.07, 6.45) is 1.15. The van der Waals surface area contributed by atoms with Crippen molar-refractivity contribution >= 4 is 29.7 Å². The van der Waals surface area contributed by atoms with Crippen LogP contribution < -0.4 is 15.8 Å². The molecule has 0 unspecified atom stereocenters. The predicted octanol–water partition coefficient (Wildman–Crippen LogP) is 2.45. The standard InChI is InChI=1S/C13H20N2O3.ClH/c1-3-18-8-4-5-13(16)15-10-6-7-12(17-2)11(14)9-10;/h6-7,9H,3-5,8,14H2,1-2H3,(H,15,16);1H. The van der Waals surface area contributed by atoms with Crippen LogP contribution in [-0.2, 0) is 9.53 Å². The average molecular weight is 289 g/mol. The Morgan fingerprint density at radius 1 is 1.42 bits per heavy atom. The van der Waals surface area contributed by atoms with Crippen LogP contribution in [0, 0.1) is 0 Å². The van der Waals surface area contributed by atoms with Crippen LogP contribution in [0.5, 0.6) is 5.75 Å². The molecule has 0 radical (unpaired) electrons. The van der Waals surface area contributed by atoms with Gasteiger partial charge in [0.05, 0.1) is 12.8 Å². The Hall–Kier alpha value is -1.46. The third-order valence-electron chi connectivity index (χ3n) is 2.41. The summed E-state index contributed by atoms with van der Waals surface area (Å²) < 4.78 is 10.2. The summed E-state index contributed by atoms with van der Waals surface area (Å²) in [6, 6.07) is 5.17. The van der Waals surface area contributed by atoms with Crippen molar-refractivity contribution < 1.29 is 14.3 Å². The van der Waals surface area contributed by atoms with Crippen molar-refractivity contribution in [2.45, 2.75) is 19.8 Å². The van der Waals surface area contributed by atoms with Crippen molar-refractivity contribution in [3.8, 4) is 5.75 Å². The van der Waals surface area contributed by atoms with E-state index in [4.69, 9.17) is 15.2 Å². The summed E-state index contributed by atoms with van der Waals surface area (Å²) in [4.78, 5) is 11.6. The second kappa shape index (κ2) is 9.47. The Morgan fingerprint density at radius 2 is 2.16 bits per heavy atom. The van der Waals surface area contributed by atoms with Crippen LogP contribution in [0.1, 0.15) is 19.8 Å². The maximum Gasteiger partial charge on any atom is 0.224 e. The lowest BCUT2D eigenvalue weighted by molar-refractivity contribution is -0.116. The van der Waals surface area contributed by atoms with Crippen molar-refractivity contribution in [1.29, 1.82) is 0 Å². The molecule has 0 atom stereocenters. The molecule has 0 bridgehead atoms. The van der Waals surface area contributed by atoms with Crippen molar-refractivity contribution in [3.05, 3.63) is 18.2 Å². The van der Waals surface area contributed by atoms with E-state index in [0.717, 1.165) is 0 Å². The minimum absolute atomic E-state index is 0. The Balaban J connectivity index is 0.00000324. The van der Waals surface area contributed by atoms with Gasteiger partial charge in [-0.2, -0.15) is 0 Å². The van der Waals surface area contributed by atoms with E-state index in [1.165, 1.54) is 0 Å². The topological polar surface area (TPSA) is 73.6 Å². The maximum atomic E-state index is 11.6. The van der Waals surface area contributed by atoms with E-state index >= 15 is 0 Å². The van der Waals surface area contributed by atoms with Gasteiger partial charge >= 0.3 is 0 Å². The van der Waals surface area contributed by atoms with Crippen LogP contribution in [0.3, 0.4) is 0 Å². The molecular weight excluding hydrogens is 268 g/mol. The first kappa shape index (κ1) is 17.5. The van der Waals surface area contributed by atoms with E-state index in [1.54, 1.807) is 25.3 Å². The summed E-state index contributed by atoms with van der Waals surface area (Å²) in [6.45, 7) is 3.21. The van der Waals surface area contributed by atoms with E-state index in [9.17, 15) is 4.79 Å². The molecule has 0 saturated carbocycles. The number of nitrogen functional groups attached to an aromatic ring is 1. The molecule has 1 aromatic carbocycles. The first-order chi connectivity index (χ1) is 8.67. The maximum absolute atomic E-state index is 11.6. The summed E-state index contributed by atoms with van der Waals surface area (Å²) in [5.41, 5.74) is 6.93. The van der Waals surface area contributed by atoms with Gasteiger partial charge in [0, 0.05) is 25.3 Å². The van der Waals surface area contributed by atoms with Crippen LogP contribution >= 0.6 is 12.4 Å². The first-order valence-electron chi connectivity index (χ1n) is 5.98. The van der Waals surface area contributed by atoms with E-state index < -0.39 is 0 Å². The number of hydrogen-bond acceptors (Lipinski definition) is 4. The van der Waals surface area contributed by atoms with Crippen molar-refractivity contribution in [1.82, 2.24) is 0 Å². The van der Waals surface area contributed by atoms with Crippen molar-refractivity contribution in [3.63, 3.8) is 0 Å². The van der Waals surface area contributed by atoms with E-state index in [0.29, 0.717) is 43.2 Å². The number of anilines is 2. The van der Waals surface area contributed by atoms with Crippen LogP contribution in [0.15, 0.2) is 18.2 Å². The van der Waals surface area contributed by atoms with Crippen LogP contribution in [0.2, 0.25) is 0 Å². The van der Waals surface area contributed by atoms with Crippen molar-refractivity contribution in [2.75, 3.05) is 31.4 Å². The molecule has 108 valence electrons. The van der Waals surface area contributed by atoms with E-state index in [-0.39, 0.29) is 18.3 Å². The molecule has 5 nitrogen and oxygen atoms in total. The molecule has 1 rings (SSSR count). The minimum Gasteiger partial charge on any atom is -0.495 e. The number of rotatable bonds is 7. The number of methoxy groups -OCH3 is 1. The molecule has 19 heavy (non-hydrogen) atoms. The zero-order valence-electron chi connectivity index (χ0n) is 11.3. The molecule has 1 aromatic rings. The Kier molecular flexibility index (Phi) is 8.74. The highest BCUT2D eigenvalue weighted by Crippen LogP contribution is 2.24. The van der Waals surface area contributed by atoms with E-state index in [1.807, 2.05) is 6.92 Å². The summed E-state index contributed by atoms with van der Waals surface area (Å²) >= 11 is 0. The fraction of sp³-hybridized carbons (Fsp3) is 0.462. The van der Waals surface area contributed by atoms with Gasteiger partial charge in [-0.1, -0.05) is 0 Å². The highest BCUT2D eigenvalue weighted by molar-refractivity contribution is 5.91. The van der Waals surface area contributed by atoms with Crippen molar-refractivity contribution in [2.24, 2.45) is 0 Å². The number of ether oxygens (including phenoxy) is 2. The number of hydrogen-bond donors (Lipinski definition) is 2. The second-order valence-corrected chi connectivity index (χ2v) is 3.81. The number of halogens is 1. The molecule has 0 fully saturated rings. The molecule has 0 spiro atoms. The summed E-state index contributed by atoms with van der Waals surface area (Å²) in [5, 5.41) is 2.78. The third kappa shape index (κ3) is 6.31. The molecule has 1 amide bonds. The molecule has 0 aliphatic carbocycles. The molecule has 3 N–H and O–H groups in total. The van der Waals surface area contributed by atoms with E-state index in [2.05, 4.69) is 5.32 Å². The van der Waals surface area contributed by atoms with Gasteiger partial charge in [0.25, 0.3) is 0 Å². The Morgan fingerprint density at radius 3 is 2.74 bits per heavy atom. The van der Waals surface area contributed by atoms with Gasteiger partial charge in [0.1, 0.15) is 5.75 Å². The van der Waals surface area contributed by atoms with Crippen LogP contribution in [-0.4, -0.2) is 26.2 Å². The monoisotopic (exact) mass is 288 g/mol. The number of nitrogens with two attached hydrogens (primary N) is 1. The van der Waals surface area contributed by atoms with Gasteiger partial charge in [-0.05, 0) is 31.5 Å².